The summed E-state index contributed by atoms with van der Waals surface area (Å²) in [5.74, 6) is 1.22. The molecule has 2 unspecified atom stereocenters. The molecule has 1 aromatic rings. The van der Waals surface area contributed by atoms with E-state index in [1.807, 2.05) is 30.3 Å². The van der Waals surface area contributed by atoms with Crippen LogP contribution in [0.4, 0.5) is 0 Å². The molecule has 1 heterocycles. The highest BCUT2D eigenvalue weighted by Crippen LogP contribution is 2.38. The van der Waals surface area contributed by atoms with E-state index in [0.717, 1.165) is 5.56 Å². The fourth-order valence-electron chi connectivity index (χ4n) is 2.26. The van der Waals surface area contributed by atoms with Crippen LogP contribution >= 0.6 is 8.38 Å². The van der Waals surface area contributed by atoms with Gasteiger partial charge in [0.1, 0.15) is 7.85 Å². The van der Waals surface area contributed by atoms with Gasteiger partial charge in [0.25, 0.3) is 0 Å². The third-order valence-electron chi connectivity index (χ3n) is 3.16. The lowest BCUT2D eigenvalue weighted by Crippen LogP contribution is -2.25. The Bertz CT molecular complexity index is 455. The topological polar surface area (TPSA) is 68.2 Å². The number of ether oxygens (including phenoxy) is 3. The third-order valence-corrected chi connectivity index (χ3v) is 3.69. The van der Waals surface area contributed by atoms with Gasteiger partial charge in [-0.05, 0) is 11.4 Å². The van der Waals surface area contributed by atoms with Gasteiger partial charge >= 0.3 is 0 Å². The van der Waals surface area contributed by atoms with Crippen LogP contribution in [0.1, 0.15) is 18.1 Å². The average molecular weight is 324 g/mol. The predicted octanol–water partition coefficient (Wildman–Crippen LogP) is 2.10. The molecule has 3 atom stereocenters. The van der Waals surface area contributed by atoms with Crippen LogP contribution in [-0.4, -0.2) is 51.2 Å². The maximum atomic E-state index is 8.99. The van der Waals surface area contributed by atoms with Crippen molar-refractivity contribution in [3.05, 3.63) is 47.2 Å². The van der Waals surface area contributed by atoms with Crippen LogP contribution in [0.5, 0.6) is 0 Å². The molecule has 7 heteroatoms. The van der Waals surface area contributed by atoms with Gasteiger partial charge in [0.2, 0.25) is 0 Å². The number of hydrogen-bond donors (Lipinski definition) is 2. The lowest BCUT2D eigenvalue weighted by Gasteiger charge is -2.18. The van der Waals surface area contributed by atoms with Gasteiger partial charge in [-0.3, -0.25) is 0 Å². The molecule has 0 saturated carbocycles. The predicted molar refractivity (Wildman–Crippen MR) is 87.6 cm³/mol. The minimum Gasteiger partial charge on any atom is -0.388 e. The Balaban J connectivity index is 0.000000745. The van der Waals surface area contributed by atoms with Gasteiger partial charge in [0.05, 0.1) is 18.3 Å². The van der Waals surface area contributed by atoms with Gasteiger partial charge < -0.3 is 24.0 Å². The highest BCUT2D eigenvalue weighted by Gasteiger charge is 2.36. The molecular formula is C15H22BO5P. The monoisotopic (exact) mass is 324 g/mol. The zero-order valence-electron chi connectivity index (χ0n) is 13.0. The summed E-state index contributed by atoms with van der Waals surface area (Å²) >= 11 is 0. The van der Waals surface area contributed by atoms with Crippen LogP contribution in [0, 0.1) is 0 Å². The second kappa shape index (κ2) is 10.1. The molecule has 2 radical (unpaired) electrons. The molecule has 2 N–H and O–H groups in total. The zero-order valence-corrected chi connectivity index (χ0v) is 13.9. The highest BCUT2D eigenvalue weighted by molar-refractivity contribution is 7.48. The number of methoxy groups -OCH3 is 2. The van der Waals surface area contributed by atoms with E-state index in [9.17, 15) is 0 Å². The summed E-state index contributed by atoms with van der Waals surface area (Å²) in [6.45, 7) is 0. The van der Waals surface area contributed by atoms with Crippen molar-refractivity contribution in [2.24, 2.45) is 0 Å². The van der Waals surface area contributed by atoms with E-state index < -0.39 is 14.5 Å². The minimum atomic E-state index is -2.17. The Hall–Kier alpha value is -0.745. The van der Waals surface area contributed by atoms with Crippen LogP contribution in [-0.2, 0) is 14.2 Å². The quantitative estimate of drug-likeness (QED) is 0.656. The summed E-state index contributed by atoms with van der Waals surface area (Å²) in [5.41, 5.74) is 1.37. The molecule has 1 aromatic carbocycles. The first-order valence-electron chi connectivity index (χ1n) is 6.81. The van der Waals surface area contributed by atoms with Gasteiger partial charge in [0.15, 0.2) is 8.38 Å². The SMILES string of the molecule is COC.[B]/C(=C\P(O)O)C1OC(c2ccccc2)C[C@@H]1OC. The van der Waals surface area contributed by atoms with Gasteiger partial charge in [-0.2, -0.15) is 0 Å². The third kappa shape index (κ3) is 5.80. The van der Waals surface area contributed by atoms with E-state index >= 15 is 0 Å². The fraction of sp³-hybridized carbons (Fsp3) is 0.467. The lowest BCUT2D eigenvalue weighted by atomic mass is 9.89. The standard InChI is InChI=1S/C13H16BO4P.C2H6O/c1-17-12-7-11(9-5-3-2-4-6-9)18-13(12)10(14)8-19(15)16;1-3-2/h2-6,8,11-13,15-16H,7H2,1H3;1-2H3/b10-8-;/t11?,12-,13?;/m0./s1. The van der Waals surface area contributed by atoms with Crippen molar-refractivity contribution in [1.82, 2.24) is 0 Å². The highest BCUT2D eigenvalue weighted by atomic mass is 31.2. The zero-order chi connectivity index (χ0) is 16.5. The lowest BCUT2D eigenvalue weighted by molar-refractivity contribution is 0.0194. The van der Waals surface area contributed by atoms with Crippen LogP contribution in [0.15, 0.2) is 41.6 Å². The van der Waals surface area contributed by atoms with E-state index in [-0.39, 0.29) is 12.2 Å². The molecule has 22 heavy (non-hydrogen) atoms. The molecule has 1 aliphatic rings. The van der Waals surface area contributed by atoms with E-state index in [0.29, 0.717) is 11.9 Å². The minimum absolute atomic E-state index is 0.0910. The first-order valence-corrected chi connectivity index (χ1v) is 8.12. The fourth-order valence-corrected chi connectivity index (χ4v) is 2.67. The van der Waals surface area contributed by atoms with Crippen molar-refractivity contribution in [3.8, 4) is 0 Å². The second-order valence-corrected chi connectivity index (χ2v) is 5.72. The van der Waals surface area contributed by atoms with Gasteiger partial charge in [-0.1, -0.05) is 35.8 Å². The first-order chi connectivity index (χ1) is 10.5. The average Bonchev–Trinajstić information content (AvgIpc) is 2.92. The number of rotatable bonds is 4. The Morgan fingerprint density at radius 1 is 1.27 bits per heavy atom. The van der Waals surface area contributed by atoms with Crippen molar-refractivity contribution in [2.45, 2.75) is 24.7 Å². The molecule has 2 rings (SSSR count). The molecule has 1 saturated heterocycles. The Morgan fingerprint density at radius 2 is 1.86 bits per heavy atom. The molecular weight excluding hydrogens is 302 g/mol. The van der Waals surface area contributed by atoms with Crippen LogP contribution < -0.4 is 0 Å². The van der Waals surface area contributed by atoms with Crippen molar-refractivity contribution < 1.29 is 24.0 Å². The summed E-state index contributed by atoms with van der Waals surface area (Å²) < 4.78 is 15.5. The van der Waals surface area contributed by atoms with Crippen LogP contribution in [0.3, 0.4) is 0 Å². The summed E-state index contributed by atoms with van der Waals surface area (Å²) in [4.78, 5) is 18.0. The van der Waals surface area contributed by atoms with Gasteiger partial charge in [0, 0.05) is 27.8 Å². The van der Waals surface area contributed by atoms with Gasteiger partial charge in [-0.15, -0.1) is 0 Å². The van der Waals surface area contributed by atoms with Gasteiger partial charge in [-0.25, -0.2) is 0 Å². The molecule has 0 amide bonds. The van der Waals surface area contributed by atoms with Crippen LogP contribution in [0.2, 0.25) is 0 Å². The molecule has 1 aliphatic heterocycles. The smallest absolute Gasteiger partial charge is 0.190 e. The van der Waals surface area contributed by atoms with Crippen molar-refractivity contribution in [2.75, 3.05) is 21.3 Å². The summed E-state index contributed by atoms with van der Waals surface area (Å²) in [5, 5.41) is 0. The number of hydrogen-bond acceptors (Lipinski definition) is 5. The molecule has 0 spiro atoms. The second-order valence-electron chi connectivity index (χ2n) is 4.82. The summed E-state index contributed by atoms with van der Waals surface area (Å²) in [6, 6.07) is 9.83. The largest absolute Gasteiger partial charge is 0.388 e. The van der Waals surface area contributed by atoms with E-state index in [1.54, 1.807) is 21.3 Å². The normalized spacial score (nSPS) is 25.0. The molecule has 5 nitrogen and oxygen atoms in total. The summed E-state index contributed by atoms with van der Waals surface area (Å²) in [6.07, 6.45) is -0.0308. The molecule has 120 valence electrons. The van der Waals surface area contributed by atoms with E-state index in [1.165, 1.54) is 5.82 Å². The molecule has 0 bridgehead atoms. The molecule has 1 fully saturated rings. The Morgan fingerprint density at radius 3 is 2.36 bits per heavy atom. The molecule has 0 aromatic heterocycles. The number of benzene rings is 1. The van der Waals surface area contributed by atoms with E-state index in [4.69, 9.17) is 27.1 Å². The Labute approximate surface area is 134 Å². The maximum Gasteiger partial charge on any atom is 0.190 e. The Kier molecular flexibility index (Phi) is 8.87. The van der Waals surface area contributed by atoms with E-state index in [2.05, 4.69) is 4.74 Å². The maximum absolute atomic E-state index is 8.99. The van der Waals surface area contributed by atoms with Crippen LogP contribution in [0.25, 0.3) is 0 Å². The summed E-state index contributed by atoms with van der Waals surface area (Å²) in [7, 11) is 8.52. The van der Waals surface area contributed by atoms with Crippen molar-refractivity contribution in [3.63, 3.8) is 0 Å². The van der Waals surface area contributed by atoms with Crippen molar-refractivity contribution in [1.29, 1.82) is 0 Å². The molecule has 0 aliphatic carbocycles. The van der Waals surface area contributed by atoms with Crippen molar-refractivity contribution >= 4 is 16.2 Å². The first kappa shape index (κ1) is 19.3.